The van der Waals surface area contributed by atoms with E-state index in [0.29, 0.717) is 0 Å². The molecule has 0 aromatic carbocycles. The number of aromatic amines is 1. The lowest BCUT2D eigenvalue weighted by molar-refractivity contribution is -0.752. The largest absolute Gasteiger partial charge is 0.756 e. The van der Waals surface area contributed by atoms with E-state index < -0.39 is 44.9 Å². The highest BCUT2D eigenvalue weighted by atomic mass is 31.2. The molecule has 1 saturated heterocycles. The second-order valence-corrected chi connectivity index (χ2v) is 5.81. The number of H-pyrrole nitrogens is 1. The van der Waals surface area contributed by atoms with Crippen molar-refractivity contribution >= 4 is 19.5 Å². The number of ether oxygens (including phenoxy) is 1. The lowest BCUT2D eigenvalue weighted by atomic mass is 10.1. The van der Waals surface area contributed by atoms with Gasteiger partial charge in [0, 0.05) is 0 Å². The molecule has 13 heteroatoms. The summed E-state index contributed by atoms with van der Waals surface area (Å²) >= 11 is 0. The maximum Gasteiger partial charge on any atom is 0.287 e. The van der Waals surface area contributed by atoms with Crippen molar-refractivity contribution in [1.82, 2.24) is 4.98 Å². The quantitative estimate of drug-likeness (QED) is 0.228. The number of carbonyl (C=O) groups excluding carboxylic acids is 1. The predicted molar refractivity (Wildman–Crippen MR) is 65.6 cm³/mol. The fourth-order valence-electron chi connectivity index (χ4n) is 2.08. The minimum atomic E-state index is -5.00. The van der Waals surface area contributed by atoms with Gasteiger partial charge in [-0.05, 0) is 0 Å². The van der Waals surface area contributed by atoms with Gasteiger partial charge in [-0.2, -0.15) is 0 Å². The van der Waals surface area contributed by atoms with E-state index in [2.05, 4.69) is 9.51 Å². The zero-order valence-corrected chi connectivity index (χ0v) is 11.9. The average Bonchev–Trinajstić information content (AvgIpc) is 2.90. The summed E-state index contributed by atoms with van der Waals surface area (Å²) < 4.78 is 21.0. The molecule has 1 aromatic heterocycles. The molecule has 22 heavy (non-hydrogen) atoms. The first kappa shape index (κ1) is 16.8. The summed E-state index contributed by atoms with van der Waals surface area (Å²) in [5, 5.41) is 19.7. The molecule has 1 fully saturated rings. The number of phosphoric acid groups is 1. The first-order valence-corrected chi connectivity index (χ1v) is 7.49. The van der Waals surface area contributed by atoms with Crippen LogP contribution in [0.5, 0.6) is 0 Å². The van der Waals surface area contributed by atoms with Crippen LogP contribution in [0.3, 0.4) is 0 Å². The molecule has 12 nitrogen and oxygen atoms in total. The SMILES string of the molecule is NC(=O)c1[nH]c[n+](C2OC(COP(=O)([O-])O)C(O)C2O)c1N. The maximum absolute atomic E-state index is 11.1. The highest BCUT2D eigenvalue weighted by Gasteiger charge is 2.47. The number of anilines is 1. The number of aliphatic hydroxyl groups excluding tert-OH is 2. The maximum atomic E-state index is 11.1. The molecular weight excluding hydrogens is 323 g/mol. The molecule has 2 heterocycles. The summed E-state index contributed by atoms with van der Waals surface area (Å²) in [4.78, 5) is 32.6. The molecule has 5 atom stereocenters. The van der Waals surface area contributed by atoms with Crippen molar-refractivity contribution in [3.63, 3.8) is 0 Å². The number of aromatic nitrogens is 2. The second-order valence-electron chi connectivity index (χ2n) is 4.62. The van der Waals surface area contributed by atoms with Crippen LogP contribution in [-0.2, 0) is 13.8 Å². The Morgan fingerprint density at radius 2 is 2.18 bits per heavy atom. The van der Waals surface area contributed by atoms with Crippen LogP contribution >= 0.6 is 7.82 Å². The molecule has 0 radical (unpaired) electrons. The van der Waals surface area contributed by atoms with Crippen LogP contribution in [-0.4, -0.2) is 50.9 Å². The van der Waals surface area contributed by atoms with Crippen molar-refractivity contribution in [2.75, 3.05) is 12.3 Å². The van der Waals surface area contributed by atoms with Gasteiger partial charge in [0.1, 0.15) is 18.3 Å². The summed E-state index contributed by atoms with van der Waals surface area (Å²) in [6.45, 7) is -0.709. The average molecular weight is 338 g/mol. The van der Waals surface area contributed by atoms with Crippen molar-refractivity contribution in [2.45, 2.75) is 24.5 Å². The molecule has 1 amide bonds. The standard InChI is InChI=1S/C9H15N4O8P/c10-7-4(8(11)16)12-2-13(7)9-6(15)5(14)3(21-9)1-20-22(17,18)19/h2-3,5-6,9,14-15H,1H2,(H6,10,11,16,17,18,19). The number of nitrogens with one attached hydrogen (secondary N) is 1. The third-order valence-corrected chi connectivity index (χ3v) is 3.62. The monoisotopic (exact) mass is 338 g/mol. The Balaban J connectivity index is 2.16. The highest BCUT2D eigenvalue weighted by Crippen LogP contribution is 2.34. The topological polar surface area (TPSA) is 208 Å². The molecule has 5 unspecified atom stereocenters. The van der Waals surface area contributed by atoms with E-state index in [4.69, 9.17) is 21.1 Å². The molecule has 124 valence electrons. The Morgan fingerprint density at radius 3 is 2.68 bits per heavy atom. The van der Waals surface area contributed by atoms with Gasteiger partial charge in [0.2, 0.25) is 11.9 Å². The van der Waals surface area contributed by atoms with E-state index in [1.807, 2.05) is 0 Å². The number of nitrogens with two attached hydrogens (primary N) is 2. The third-order valence-electron chi connectivity index (χ3n) is 3.14. The Labute approximate surface area is 123 Å². The minimum Gasteiger partial charge on any atom is -0.756 e. The van der Waals surface area contributed by atoms with Crippen molar-refractivity contribution in [2.24, 2.45) is 5.73 Å². The molecule has 2 rings (SSSR count). The molecule has 0 saturated carbocycles. The number of imidazole rings is 1. The van der Waals surface area contributed by atoms with E-state index in [1.165, 1.54) is 6.33 Å². The van der Waals surface area contributed by atoms with Gasteiger partial charge < -0.3 is 40.7 Å². The van der Waals surface area contributed by atoms with Gasteiger partial charge in [0.25, 0.3) is 19.5 Å². The van der Waals surface area contributed by atoms with Crippen molar-refractivity contribution in [3.8, 4) is 0 Å². The van der Waals surface area contributed by atoms with Crippen LogP contribution in [0.1, 0.15) is 16.7 Å². The molecule has 1 aliphatic rings. The zero-order valence-electron chi connectivity index (χ0n) is 11.0. The van der Waals surface area contributed by atoms with Crippen molar-refractivity contribution < 1.29 is 43.2 Å². The molecular formula is C9H15N4O8P. The summed E-state index contributed by atoms with van der Waals surface area (Å²) in [6, 6.07) is 0. The summed E-state index contributed by atoms with van der Waals surface area (Å²) in [6.07, 6.45) is -4.24. The molecule has 0 bridgehead atoms. The van der Waals surface area contributed by atoms with E-state index in [0.717, 1.165) is 4.57 Å². The number of hydrogen-bond donors (Lipinski definition) is 6. The normalized spacial score (nSPS) is 31.1. The Bertz CT molecular complexity index is 615. The first-order chi connectivity index (χ1) is 10.1. The van der Waals surface area contributed by atoms with E-state index >= 15 is 0 Å². The van der Waals surface area contributed by atoms with Crippen LogP contribution in [0.15, 0.2) is 6.33 Å². The molecule has 1 aromatic rings. The lowest BCUT2D eigenvalue weighted by Gasteiger charge is -2.19. The molecule has 1 aliphatic heterocycles. The van der Waals surface area contributed by atoms with E-state index in [1.54, 1.807) is 0 Å². The number of nitrogens with zero attached hydrogens (tertiary/aromatic N) is 1. The van der Waals surface area contributed by atoms with E-state index in [9.17, 15) is 24.5 Å². The van der Waals surface area contributed by atoms with Gasteiger partial charge in [0.05, 0.1) is 6.61 Å². The van der Waals surface area contributed by atoms with Crippen LogP contribution < -0.4 is 20.9 Å². The number of phosphoric ester groups is 1. The molecule has 0 spiro atoms. The highest BCUT2D eigenvalue weighted by molar-refractivity contribution is 7.44. The van der Waals surface area contributed by atoms with Crippen LogP contribution in [0, 0.1) is 0 Å². The first-order valence-electron chi connectivity index (χ1n) is 5.99. The van der Waals surface area contributed by atoms with Gasteiger partial charge in [-0.1, -0.05) is 0 Å². The van der Waals surface area contributed by atoms with Gasteiger partial charge >= 0.3 is 0 Å². The minimum absolute atomic E-state index is 0.121. The van der Waals surface area contributed by atoms with Gasteiger partial charge in [0.15, 0.2) is 6.33 Å². The van der Waals surface area contributed by atoms with Gasteiger partial charge in [-0.3, -0.25) is 14.3 Å². The Kier molecular flexibility index (Phi) is 4.54. The van der Waals surface area contributed by atoms with Crippen LogP contribution in [0.4, 0.5) is 5.82 Å². The fourth-order valence-corrected chi connectivity index (χ4v) is 2.41. The predicted octanol–water partition coefficient (Wildman–Crippen LogP) is -3.92. The number of aliphatic hydroxyl groups is 2. The van der Waals surface area contributed by atoms with Crippen molar-refractivity contribution in [1.29, 1.82) is 0 Å². The number of primary amides is 1. The van der Waals surface area contributed by atoms with Gasteiger partial charge in [-0.15, -0.1) is 0 Å². The number of amides is 1. The summed E-state index contributed by atoms with van der Waals surface area (Å²) in [7, 11) is -5.00. The number of carbonyl (C=O) groups is 1. The smallest absolute Gasteiger partial charge is 0.287 e. The third kappa shape index (κ3) is 3.28. The van der Waals surface area contributed by atoms with Crippen molar-refractivity contribution in [3.05, 3.63) is 12.0 Å². The summed E-state index contributed by atoms with van der Waals surface area (Å²) in [5.41, 5.74) is 10.6. The van der Waals surface area contributed by atoms with Crippen LogP contribution in [0.2, 0.25) is 0 Å². The van der Waals surface area contributed by atoms with Gasteiger partial charge in [-0.25, -0.2) is 4.57 Å². The number of hydrogen-bond acceptors (Lipinski definition) is 8. The summed E-state index contributed by atoms with van der Waals surface area (Å²) in [5.74, 6) is -0.973. The number of nitrogen functional groups attached to an aromatic ring is 1. The number of rotatable bonds is 5. The Hall–Kier alpha value is -1.53. The molecule has 0 aliphatic carbocycles. The molecule has 8 N–H and O–H groups in total. The fraction of sp³-hybridized carbons (Fsp3) is 0.556. The van der Waals surface area contributed by atoms with E-state index in [-0.39, 0.29) is 11.5 Å². The van der Waals surface area contributed by atoms with Crippen LogP contribution in [0.25, 0.3) is 0 Å². The lowest BCUT2D eigenvalue weighted by Crippen LogP contribution is -2.47. The second kappa shape index (κ2) is 5.93. The zero-order chi connectivity index (χ0) is 16.7. The Morgan fingerprint density at radius 1 is 1.55 bits per heavy atom.